The molecule has 0 saturated carbocycles. The highest BCUT2D eigenvalue weighted by Crippen LogP contribution is 2.17. The number of amides is 2. The van der Waals surface area contributed by atoms with Gasteiger partial charge in [0.25, 0.3) is 11.8 Å². The monoisotopic (exact) mass is 263 g/mol. The molecular formula is C13H17N3O3. The maximum Gasteiger partial charge on any atom is 0.260 e. The number of nitrogens with one attached hydrogen (secondary N) is 1. The van der Waals surface area contributed by atoms with Gasteiger partial charge in [0, 0.05) is 26.2 Å². The summed E-state index contributed by atoms with van der Waals surface area (Å²) in [6, 6.07) is 6.64. The molecule has 1 aromatic rings. The van der Waals surface area contributed by atoms with Crippen LogP contribution in [-0.2, 0) is 4.79 Å². The van der Waals surface area contributed by atoms with E-state index < -0.39 is 5.91 Å². The maximum atomic E-state index is 11.9. The normalized spacial score (nSPS) is 15.1. The fourth-order valence-electron chi connectivity index (χ4n) is 1.94. The van der Waals surface area contributed by atoms with E-state index in [-0.39, 0.29) is 18.1 Å². The summed E-state index contributed by atoms with van der Waals surface area (Å²) < 4.78 is 5.40. The zero-order valence-electron chi connectivity index (χ0n) is 10.6. The molecule has 0 unspecified atom stereocenters. The Morgan fingerprint density at radius 1 is 1.26 bits per heavy atom. The second kappa shape index (κ2) is 6.19. The standard InChI is InChI=1S/C13H17N3O3/c14-13(18)10-3-1-2-4-11(10)19-9-12(17)16-7-5-15-6-8-16/h1-4,15H,5-9H2,(H2,14,18). The summed E-state index contributed by atoms with van der Waals surface area (Å²) in [5.74, 6) is -0.301. The van der Waals surface area contributed by atoms with E-state index >= 15 is 0 Å². The van der Waals surface area contributed by atoms with Crippen LogP contribution >= 0.6 is 0 Å². The lowest BCUT2D eigenvalue weighted by molar-refractivity contribution is -0.133. The van der Waals surface area contributed by atoms with Crippen molar-refractivity contribution in [2.45, 2.75) is 0 Å². The topological polar surface area (TPSA) is 84.7 Å². The third kappa shape index (κ3) is 3.45. The minimum Gasteiger partial charge on any atom is -0.483 e. The smallest absolute Gasteiger partial charge is 0.260 e. The summed E-state index contributed by atoms with van der Waals surface area (Å²) in [6.07, 6.45) is 0. The largest absolute Gasteiger partial charge is 0.483 e. The molecule has 0 spiro atoms. The SMILES string of the molecule is NC(=O)c1ccccc1OCC(=O)N1CCNCC1. The van der Waals surface area contributed by atoms with Crippen molar-refractivity contribution in [1.82, 2.24) is 10.2 Å². The van der Waals surface area contributed by atoms with Crippen molar-refractivity contribution < 1.29 is 14.3 Å². The number of hydrogen-bond acceptors (Lipinski definition) is 4. The number of ether oxygens (including phenoxy) is 1. The van der Waals surface area contributed by atoms with Gasteiger partial charge in [-0.05, 0) is 12.1 Å². The third-order valence-electron chi connectivity index (χ3n) is 2.97. The molecule has 2 amide bonds. The lowest BCUT2D eigenvalue weighted by Crippen LogP contribution is -2.48. The van der Waals surface area contributed by atoms with Crippen molar-refractivity contribution in [3.8, 4) is 5.75 Å². The number of carbonyl (C=O) groups excluding carboxylic acids is 2. The Labute approximate surface area is 111 Å². The van der Waals surface area contributed by atoms with Gasteiger partial charge in [-0.1, -0.05) is 12.1 Å². The fourth-order valence-corrected chi connectivity index (χ4v) is 1.94. The lowest BCUT2D eigenvalue weighted by atomic mass is 10.2. The van der Waals surface area contributed by atoms with Crippen molar-refractivity contribution in [3.63, 3.8) is 0 Å². The molecule has 1 fully saturated rings. The van der Waals surface area contributed by atoms with Gasteiger partial charge in [-0.3, -0.25) is 9.59 Å². The number of nitrogens with two attached hydrogens (primary N) is 1. The minimum absolute atomic E-state index is 0.0791. The second-order valence-corrected chi connectivity index (χ2v) is 4.28. The van der Waals surface area contributed by atoms with Crippen LogP contribution in [-0.4, -0.2) is 49.5 Å². The van der Waals surface area contributed by atoms with Crippen molar-refractivity contribution in [3.05, 3.63) is 29.8 Å². The summed E-state index contributed by atoms with van der Waals surface area (Å²) in [5, 5.41) is 3.17. The van der Waals surface area contributed by atoms with E-state index in [2.05, 4.69) is 5.32 Å². The van der Waals surface area contributed by atoms with Crippen LogP contribution in [0, 0.1) is 0 Å². The third-order valence-corrected chi connectivity index (χ3v) is 2.97. The first-order valence-corrected chi connectivity index (χ1v) is 6.18. The van der Waals surface area contributed by atoms with E-state index in [0.717, 1.165) is 13.1 Å². The van der Waals surface area contributed by atoms with E-state index in [4.69, 9.17) is 10.5 Å². The molecule has 0 bridgehead atoms. The highest BCUT2D eigenvalue weighted by Gasteiger charge is 2.17. The first-order valence-electron chi connectivity index (χ1n) is 6.18. The average Bonchev–Trinajstić information content (AvgIpc) is 2.46. The predicted molar refractivity (Wildman–Crippen MR) is 69.9 cm³/mol. The molecule has 0 aliphatic carbocycles. The maximum absolute atomic E-state index is 11.9. The molecule has 0 aromatic heterocycles. The first-order chi connectivity index (χ1) is 9.18. The Balaban J connectivity index is 1.94. The number of piperazine rings is 1. The van der Waals surface area contributed by atoms with Crippen LogP contribution in [0.15, 0.2) is 24.3 Å². The van der Waals surface area contributed by atoms with Gasteiger partial charge in [0.15, 0.2) is 6.61 Å². The van der Waals surface area contributed by atoms with Gasteiger partial charge in [-0.15, -0.1) is 0 Å². The Morgan fingerprint density at radius 3 is 2.63 bits per heavy atom. The predicted octanol–water partition coefficient (Wildman–Crippen LogP) is -0.404. The number of primary amides is 1. The van der Waals surface area contributed by atoms with E-state index in [9.17, 15) is 9.59 Å². The number of benzene rings is 1. The molecule has 3 N–H and O–H groups in total. The molecule has 19 heavy (non-hydrogen) atoms. The highest BCUT2D eigenvalue weighted by molar-refractivity contribution is 5.95. The molecule has 6 nitrogen and oxygen atoms in total. The van der Waals surface area contributed by atoms with Gasteiger partial charge < -0.3 is 20.7 Å². The zero-order chi connectivity index (χ0) is 13.7. The lowest BCUT2D eigenvalue weighted by Gasteiger charge is -2.27. The number of para-hydroxylation sites is 1. The van der Waals surface area contributed by atoms with Crippen LogP contribution in [0.5, 0.6) is 5.75 Å². The molecule has 1 heterocycles. The van der Waals surface area contributed by atoms with Crippen molar-refractivity contribution in [2.24, 2.45) is 5.73 Å². The molecule has 1 aliphatic rings. The molecule has 6 heteroatoms. The summed E-state index contributed by atoms with van der Waals surface area (Å²) in [6.45, 7) is 2.87. The van der Waals surface area contributed by atoms with Crippen LogP contribution in [0.3, 0.4) is 0 Å². The average molecular weight is 263 g/mol. The number of hydrogen-bond donors (Lipinski definition) is 2. The van der Waals surface area contributed by atoms with Crippen LogP contribution in [0.4, 0.5) is 0 Å². The van der Waals surface area contributed by atoms with Crippen LogP contribution < -0.4 is 15.8 Å². The minimum atomic E-state index is -0.565. The summed E-state index contributed by atoms with van der Waals surface area (Å²) in [7, 11) is 0. The van der Waals surface area contributed by atoms with E-state index in [1.807, 2.05) is 0 Å². The van der Waals surface area contributed by atoms with E-state index in [1.165, 1.54) is 0 Å². The van der Waals surface area contributed by atoms with Crippen LogP contribution in [0.2, 0.25) is 0 Å². The van der Waals surface area contributed by atoms with Gasteiger partial charge in [0.05, 0.1) is 5.56 Å². The Bertz CT molecular complexity index is 470. The molecule has 2 rings (SSSR count). The summed E-state index contributed by atoms with van der Waals surface area (Å²) in [5.41, 5.74) is 5.53. The number of rotatable bonds is 4. The van der Waals surface area contributed by atoms with Gasteiger partial charge in [0.1, 0.15) is 5.75 Å². The van der Waals surface area contributed by atoms with Crippen LogP contribution in [0.25, 0.3) is 0 Å². The van der Waals surface area contributed by atoms with Gasteiger partial charge >= 0.3 is 0 Å². The van der Waals surface area contributed by atoms with Crippen molar-refractivity contribution in [1.29, 1.82) is 0 Å². The first kappa shape index (κ1) is 13.4. The molecular weight excluding hydrogens is 246 g/mol. The van der Waals surface area contributed by atoms with Gasteiger partial charge in [-0.25, -0.2) is 0 Å². The van der Waals surface area contributed by atoms with Crippen molar-refractivity contribution >= 4 is 11.8 Å². The Hall–Kier alpha value is -2.08. The van der Waals surface area contributed by atoms with Gasteiger partial charge in [0.2, 0.25) is 0 Å². The quantitative estimate of drug-likeness (QED) is 0.774. The fraction of sp³-hybridized carbons (Fsp3) is 0.385. The number of nitrogens with zero attached hydrogens (tertiary/aromatic N) is 1. The summed E-state index contributed by atoms with van der Waals surface area (Å²) >= 11 is 0. The Morgan fingerprint density at radius 2 is 1.95 bits per heavy atom. The molecule has 0 atom stereocenters. The van der Waals surface area contributed by atoms with Gasteiger partial charge in [-0.2, -0.15) is 0 Å². The van der Waals surface area contributed by atoms with E-state index in [1.54, 1.807) is 29.2 Å². The number of carbonyl (C=O) groups is 2. The zero-order valence-corrected chi connectivity index (χ0v) is 10.6. The molecule has 1 aliphatic heterocycles. The molecule has 0 radical (unpaired) electrons. The van der Waals surface area contributed by atoms with E-state index in [0.29, 0.717) is 18.8 Å². The van der Waals surface area contributed by atoms with Crippen molar-refractivity contribution in [2.75, 3.05) is 32.8 Å². The molecule has 1 aromatic carbocycles. The van der Waals surface area contributed by atoms with Crippen LogP contribution in [0.1, 0.15) is 10.4 Å². The molecule has 1 saturated heterocycles. The Kier molecular flexibility index (Phi) is 4.35. The second-order valence-electron chi connectivity index (χ2n) is 4.28. The highest BCUT2D eigenvalue weighted by atomic mass is 16.5. The summed E-state index contributed by atoms with van der Waals surface area (Å²) in [4.78, 5) is 24.9. The molecule has 102 valence electrons.